The van der Waals surface area contributed by atoms with Gasteiger partial charge in [-0.2, -0.15) is 0 Å². The predicted octanol–water partition coefficient (Wildman–Crippen LogP) is 4.43. The minimum atomic E-state index is -0.476. The summed E-state index contributed by atoms with van der Waals surface area (Å²) in [6, 6.07) is 16.7. The number of carbonyl (C=O) groups is 2. The van der Waals surface area contributed by atoms with Gasteiger partial charge < -0.3 is 20.7 Å². The van der Waals surface area contributed by atoms with Gasteiger partial charge in [-0.25, -0.2) is 4.79 Å². The van der Waals surface area contributed by atoms with Gasteiger partial charge >= 0.3 is 6.09 Å². The van der Waals surface area contributed by atoms with Gasteiger partial charge in [0.15, 0.2) is 0 Å². The molecule has 2 aromatic carbocycles. The van der Waals surface area contributed by atoms with Crippen molar-refractivity contribution >= 4 is 17.7 Å². The van der Waals surface area contributed by atoms with Crippen LogP contribution in [0.25, 0.3) is 0 Å². The summed E-state index contributed by atoms with van der Waals surface area (Å²) in [4.78, 5) is 23.0. The van der Waals surface area contributed by atoms with Crippen molar-refractivity contribution in [3.63, 3.8) is 0 Å². The summed E-state index contributed by atoms with van der Waals surface area (Å²) < 4.78 is 5.24. The summed E-state index contributed by atoms with van der Waals surface area (Å²) in [5, 5.41) is 8.90. The Morgan fingerprint density at radius 3 is 2.32 bits per heavy atom. The fourth-order valence-electron chi connectivity index (χ4n) is 3.04. The van der Waals surface area contributed by atoms with Crippen LogP contribution in [-0.2, 0) is 28.9 Å². The SMILES string of the molecule is CNC(=O)CCc1ccc(CNc2cccc(CCCNC(=O)OC(C)(C)C)c2)cc1. The molecule has 0 aliphatic carbocycles. The maximum absolute atomic E-state index is 11.7. The third-order valence-electron chi connectivity index (χ3n) is 4.68. The second-order valence-electron chi connectivity index (χ2n) is 8.58. The quantitative estimate of drug-likeness (QED) is 0.492. The van der Waals surface area contributed by atoms with E-state index in [0.29, 0.717) is 13.0 Å². The molecule has 2 amide bonds. The van der Waals surface area contributed by atoms with Crippen LogP contribution in [-0.4, -0.2) is 31.2 Å². The Balaban J connectivity index is 1.74. The van der Waals surface area contributed by atoms with E-state index in [-0.39, 0.29) is 12.0 Å². The first-order valence-electron chi connectivity index (χ1n) is 10.8. The first-order chi connectivity index (χ1) is 14.7. The van der Waals surface area contributed by atoms with Gasteiger partial charge in [-0.1, -0.05) is 36.4 Å². The maximum atomic E-state index is 11.7. The zero-order valence-corrected chi connectivity index (χ0v) is 19.1. The van der Waals surface area contributed by atoms with Gasteiger partial charge in [0.1, 0.15) is 5.60 Å². The molecule has 0 radical (unpaired) electrons. The molecule has 0 unspecified atom stereocenters. The first kappa shape index (κ1) is 24.3. The normalized spacial score (nSPS) is 11.0. The smallest absolute Gasteiger partial charge is 0.407 e. The number of hydrogen-bond acceptors (Lipinski definition) is 4. The zero-order valence-electron chi connectivity index (χ0n) is 19.1. The van der Waals surface area contributed by atoms with Crippen molar-refractivity contribution in [3.8, 4) is 0 Å². The third kappa shape index (κ3) is 10.0. The zero-order chi connectivity index (χ0) is 22.7. The highest BCUT2D eigenvalue weighted by molar-refractivity contribution is 5.75. The lowest BCUT2D eigenvalue weighted by atomic mass is 10.1. The molecule has 0 bridgehead atoms. The van der Waals surface area contributed by atoms with Crippen LogP contribution >= 0.6 is 0 Å². The maximum Gasteiger partial charge on any atom is 0.407 e. The summed E-state index contributed by atoms with van der Waals surface area (Å²) in [5.41, 5.74) is 4.17. The van der Waals surface area contributed by atoms with Gasteiger partial charge in [-0.15, -0.1) is 0 Å². The van der Waals surface area contributed by atoms with E-state index in [9.17, 15) is 9.59 Å². The van der Waals surface area contributed by atoms with Gasteiger partial charge in [-0.3, -0.25) is 4.79 Å². The Labute approximate surface area is 185 Å². The lowest BCUT2D eigenvalue weighted by Crippen LogP contribution is -2.33. The Morgan fingerprint density at radius 2 is 1.65 bits per heavy atom. The summed E-state index contributed by atoms with van der Waals surface area (Å²) in [6.07, 6.45) is 2.61. The van der Waals surface area contributed by atoms with Crippen molar-refractivity contribution in [2.24, 2.45) is 0 Å². The number of hydrogen-bond donors (Lipinski definition) is 3. The van der Waals surface area contributed by atoms with E-state index in [2.05, 4.69) is 58.4 Å². The van der Waals surface area contributed by atoms with E-state index in [4.69, 9.17) is 4.74 Å². The highest BCUT2D eigenvalue weighted by Gasteiger charge is 2.15. The second kappa shape index (κ2) is 12.0. The van der Waals surface area contributed by atoms with Crippen molar-refractivity contribution in [3.05, 3.63) is 65.2 Å². The number of alkyl carbamates (subject to hydrolysis) is 1. The molecule has 0 aliphatic heterocycles. The average Bonchev–Trinajstić information content (AvgIpc) is 2.73. The number of amides is 2. The van der Waals surface area contributed by atoms with Gasteiger partial charge in [0.2, 0.25) is 5.91 Å². The molecule has 3 N–H and O–H groups in total. The number of anilines is 1. The monoisotopic (exact) mass is 425 g/mol. The molecule has 2 rings (SSSR count). The summed E-state index contributed by atoms with van der Waals surface area (Å²) in [5.74, 6) is 0.0613. The summed E-state index contributed by atoms with van der Waals surface area (Å²) in [7, 11) is 1.66. The van der Waals surface area contributed by atoms with Crippen LogP contribution in [0.5, 0.6) is 0 Å². The standard InChI is InChI=1S/C25H35N3O3/c1-25(2,3)31-24(30)27-16-6-8-20-7-5-9-22(17-20)28-18-21-12-10-19(11-13-21)14-15-23(29)26-4/h5,7,9-13,17,28H,6,8,14-16,18H2,1-4H3,(H,26,29)(H,27,30). The molecular weight excluding hydrogens is 390 g/mol. The average molecular weight is 426 g/mol. The number of carbonyl (C=O) groups excluding carboxylic acids is 2. The first-order valence-corrected chi connectivity index (χ1v) is 10.8. The van der Waals surface area contributed by atoms with E-state index in [1.807, 2.05) is 26.8 Å². The van der Waals surface area contributed by atoms with Crippen molar-refractivity contribution in [2.45, 2.75) is 58.6 Å². The van der Waals surface area contributed by atoms with Gasteiger partial charge in [0.25, 0.3) is 0 Å². The topological polar surface area (TPSA) is 79.5 Å². The van der Waals surface area contributed by atoms with E-state index < -0.39 is 5.60 Å². The van der Waals surface area contributed by atoms with Gasteiger partial charge in [0, 0.05) is 32.2 Å². The van der Waals surface area contributed by atoms with E-state index in [0.717, 1.165) is 37.1 Å². The number of aryl methyl sites for hydroxylation is 2. The van der Waals surface area contributed by atoms with E-state index in [1.165, 1.54) is 11.1 Å². The Hall–Kier alpha value is -3.02. The van der Waals surface area contributed by atoms with Crippen LogP contribution in [0, 0.1) is 0 Å². The Morgan fingerprint density at radius 1 is 0.935 bits per heavy atom. The van der Waals surface area contributed by atoms with Crippen molar-refractivity contribution in [2.75, 3.05) is 18.9 Å². The van der Waals surface area contributed by atoms with Gasteiger partial charge in [0.05, 0.1) is 0 Å². The van der Waals surface area contributed by atoms with E-state index >= 15 is 0 Å². The van der Waals surface area contributed by atoms with Crippen LogP contribution in [0.2, 0.25) is 0 Å². The number of benzene rings is 2. The lowest BCUT2D eigenvalue weighted by Gasteiger charge is -2.19. The predicted molar refractivity (Wildman–Crippen MR) is 125 cm³/mol. The van der Waals surface area contributed by atoms with Crippen molar-refractivity contribution in [1.82, 2.24) is 10.6 Å². The fraction of sp³-hybridized carbons (Fsp3) is 0.440. The molecule has 0 fully saturated rings. The molecule has 6 heteroatoms. The molecule has 0 saturated heterocycles. The molecule has 0 atom stereocenters. The minimum absolute atomic E-state index is 0.0613. The van der Waals surface area contributed by atoms with Crippen molar-refractivity contribution in [1.29, 1.82) is 0 Å². The molecule has 2 aromatic rings. The molecule has 0 spiro atoms. The largest absolute Gasteiger partial charge is 0.444 e. The molecule has 168 valence electrons. The molecule has 0 saturated carbocycles. The van der Waals surface area contributed by atoms with Crippen LogP contribution in [0.3, 0.4) is 0 Å². The molecule has 0 heterocycles. The number of nitrogens with one attached hydrogen (secondary N) is 3. The molecule has 31 heavy (non-hydrogen) atoms. The third-order valence-corrected chi connectivity index (χ3v) is 4.68. The summed E-state index contributed by atoms with van der Waals surface area (Å²) in [6.45, 7) is 6.88. The van der Waals surface area contributed by atoms with Gasteiger partial charge in [-0.05, 0) is 68.9 Å². The Bertz CT molecular complexity index is 842. The molecule has 0 aliphatic rings. The second-order valence-corrected chi connectivity index (χ2v) is 8.58. The van der Waals surface area contributed by atoms with Crippen LogP contribution in [0.1, 0.15) is 50.3 Å². The minimum Gasteiger partial charge on any atom is -0.444 e. The van der Waals surface area contributed by atoms with E-state index in [1.54, 1.807) is 7.05 Å². The number of ether oxygens (including phenoxy) is 1. The van der Waals surface area contributed by atoms with Crippen molar-refractivity contribution < 1.29 is 14.3 Å². The van der Waals surface area contributed by atoms with Crippen LogP contribution in [0.4, 0.5) is 10.5 Å². The lowest BCUT2D eigenvalue weighted by molar-refractivity contribution is -0.120. The molecule has 0 aromatic heterocycles. The molecular formula is C25H35N3O3. The Kier molecular flexibility index (Phi) is 9.38. The fourth-order valence-corrected chi connectivity index (χ4v) is 3.04. The highest BCUT2D eigenvalue weighted by Crippen LogP contribution is 2.15. The molecule has 6 nitrogen and oxygen atoms in total. The number of rotatable bonds is 10. The van der Waals surface area contributed by atoms with Crippen LogP contribution < -0.4 is 16.0 Å². The van der Waals surface area contributed by atoms with Crippen LogP contribution in [0.15, 0.2) is 48.5 Å². The summed E-state index contributed by atoms with van der Waals surface area (Å²) >= 11 is 0. The highest BCUT2D eigenvalue weighted by atomic mass is 16.6.